The summed E-state index contributed by atoms with van der Waals surface area (Å²) in [4.78, 5) is 11.0. The van der Waals surface area contributed by atoms with E-state index in [9.17, 15) is 4.79 Å². The number of carboxylic acid groups (broad SMARTS) is 1. The molecule has 0 aromatic heterocycles. The van der Waals surface area contributed by atoms with Gasteiger partial charge in [0.1, 0.15) is 11.3 Å². The maximum absolute atomic E-state index is 11.0. The lowest BCUT2D eigenvalue weighted by atomic mass is 9.96. The van der Waals surface area contributed by atoms with Gasteiger partial charge in [-0.3, -0.25) is 0 Å². The molecule has 1 atom stereocenters. The highest BCUT2D eigenvalue weighted by Crippen LogP contribution is 2.25. The fourth-order valence-corrected chi connectivity index (χ4v) is 1.43. The molecule has 0 heterocycles. The van der Waals surface area contributed by atoms with Crippen LogP contribution in [0.4, 0.5) is 0 Å². The third kappa shape index (κ3) is 2.49. The van der Waals surface area contributed by atoms with Crippen LogP contribution in [0.5, 0.6) is 5.75 Å². The van der Waals surface area contributed by atoms with Crippen LogP contribution in [-0.4, -0.2) is 18.2 Å². The Labute approximate surface area is 89.7 Å². The van der Waals surface area contributed by atoms with E-state index in [0.29, 0.717) is 11.7 Å². The zero-order chi connectivity index (χ0) is 11.4. The second-order valence-electron chi connectivity index (χ2n) is 3.57. The summed E-state index contributed by atoms with van der Waals surface area (Å²) in [5.74, 6) is -0.166. The third-order valence-corrected chi connectivity index (χ3v) is 2.64. The molecule has 0 saturated carbocycles. The second kappa shape index (κ2) is 4.82. The predicted molar refractivity (Wildman–Crippen MR) is 58.7 cm³/mol. The summed E-state index contributed by atoms with van der Waals surface area (Å²) >= 11 is 0. The number of ether oxygens (including phenoxy) is 1. The van der Waals surface area contributed by atoms with Crippen molar-refractivity contribution >= 4 is 5.97 Å². The Morgan fingerprint density at radius 3 is 2.67 bits per heavy atom. The van der Waals surface area contributed by atoms with Gasteiger partial charge in [0.25, 0.3) is 0 Å². The Hall–Kier alpha value is -1.51. The van der Waals surface area contributed by atoms with Gasteiger partial charge in [-0.2, -0.15) is 0 Å². The summed E-state index contributed by atoms with van der Waals surface area (Å²) in [6.45, 7) is 4.16. The molecule has 0 aliphatic rings. The van der Waals surface area contributed by atoms with E-state index in [1.54, 1.807) is 12.1 Å². The topological polar surface area (TPSA) is 46.5 Å². The lowest BCUT2D eigenvalue weighted by Crippen LogP contribution is -2.02. The quantitative estimate of drug-likeness (QED) is 0.827. The summed E-state index contributed by atoms with van der Waals surface area (Å²) in [7, 11) is 1.48. The van der Waals surface area contributed by atoms with Crippen LogP contribution in [0, 0.1) is 0 Å². The average molecular weight is 208 g/mol. The number of carboxylic acids is 1. The van der Waals surface area contributed by atoms with Crippen molar-refractivity contribution in [3.8, 4) is 5.75 Å². The lowest BCUT2D eigenvalue weighted by Gasteiger charge is -2.11. The molecule has 0 bridgehead atoms. The monoisotopic (exact) mass is 208 g/mol. The van der Waals surface area contributed by atoms with Crippen LogP contribution in [0.1, 0.15) is 42.1 Å². The molecular formula is C12H16O3. The lowest BCUT2D eigenvalue weighted by molar-refractivity contribution is 0.0693. The van der Waals surface area contributed by atoms with E-state index in [2.05, 4.69) is 13.8 Å². The van der Waals surface area contributed by atoms with E-state index in [0.717, 1.165) is 12.0 Å². The molecule has 0 fully saturated rings. The zero-order valence-corrected chi connectivity index (χ0v) is 9.28. The smallest absolute Gasteiger partial charge is 0.339 e. The van der Waals surface area contributed by atoms with Gasteiger partial charge in [-0.05, 0) is 30.0 Å². The molecule has 82 valence electrons. The highest BCUT2D eigenvalue weighted by molar-refractivity contribution is 5.91. The van der Waals surface area contributed by atoms with E-state index in [4.69, 9.17) is 9.84 Å². The van der Waals surface area contributed by atoms with Crippen LogP contribution in [0.3, 0.4) is 0 Å². The average Bonchev–Trinajstić information content (AvgIpc) is 2.27. The molecule has 0 amide bonds. The van der Waals surface area contributed by atoms with Crippen molar-refractivity contribution in [2.45, 2.75) is 26.2 Å². The first-order valence-corrected chi connectivity index (χ1v) is 5.01. The number of benzene rings is 1. The fourth-order valence-electron chi connectivity index (χ4n) is 1.43. The minimum absolute atomic E-state index is 0.232. The van der Waals surface area contributed by atoms with Gasteiger partial charge in [0, 0.05) is 0 Å². The van der Waals surface area contributed by atoms with E-state index >= 15 is 0 Å². The number of methoxy groups -OCH3 is 1. The Balaban J connectivity index is 3.16. The molecular weight excluding hydrogens is 192 g/mol. The number of rotatable bonds is 4. The van der Waals surface area contributed by atoms with Gasteiger partial charge in [-0.25, -0.2) is 4.79 Å². The molecule has 1 unspecified atom stereocenters. The first-order valence-electron chi connectivity index (χ1n) is 5.01. The van der Waals surface area contributed by atoms with Gasteiger partial charge in [0.15, 0.2) is 0 Å². The molecule has 0 aliphatic carbocycles. The van der Waals surface area contributed by atoms with Crippen LogP contribution >= 0.6 is 0 Å². The summed E-state index contributed by atoms with van der Waals surface area (Å²) in [5.41, 5.74) is 1.27. The first-order chi connectivity index (χ1) is 7.10. The summed E-state index contributed by atoms with van der Waals surface area (Å²) < 4.78 is 4.99. The molecule has 15 heavy (non-hydrogen) atoms. The molecule has 1 aromatic rings. The number of carbonyl (C=O) groups is 1. The molecule has 0 aliphatic heterocycles. The Bertz CT molecular complexity index is 358. The van der Waals surface area contributed by atoms with Crippen molar-refractivity contribution in [1.82, 2.24) is 0 Å². The molecule has 1 N–H and O–H groups in total. The summed E-state index contributed by atoms with van der Waals surface area (Å²) in [6.07, 6.45) is 0.991. The zero-order valence-electron chi connectivity index (χ0n) is 9.28. The van der Waals surface area contributed by atoms with Crippen molar-refractivity contribution in [3.63, 3.8) is 0 Å². The van der Waals surface area contributed by atoms with Crippen molar-refractivity contribution in [2.24, 2.45) is 0 Å². The van der Waals surface area contributed by atoms with E-state index < -0.39 is 5.97 Å². The van der Waals surface area contributed by atoms with Crippen molar-refractivity contribution < 1.29 is 14.6 Å². The molecule has 1 aromatic carbocycles. The van der Waals surface area contributed by atoms with E-state index in [-0.39, 0.29) is 5.56 Å². The van der Waals surface area contributed by atoms with E-state index in [1.807, 2.05) is 6.07 Å². The van der Waals surface area contributed by atoms with Crippen LogP contribution in [0.25, 0.3) is 0 Å². The van der Waals surface area contributed by atoms with Gasteiger partial charge in [-0.1, -0.05) is 19.9 Å². The summed E-state index contributed by atoms with van der Waals surface area (Å²) in [6, 6.07) is 5.32. The first kappa shape index (κ1) is 11.6. The van der Waals surface area contributed by atoms with Gasteiger partial charge >= 0.3 is 5.97 Å². The molecule has 0 radical (unpaired) electrons. The van der Waals surface area contributed by atoms with Crippen molar-refractivity contribution in [3.05, 3.63) is 29.3 Å². The van der Waals surface area contributed by atoms with Gasteiger partial charge in [0.2, 0.25) is 0 Å². The third-order valence-electron chi connectivity index (χ3n) is 2.64. The summed E-state index contributed by atoms with van der Waals surface area (Å²) in [5, 5.41) is 9.00. The Morgan fingerprint density at radius 1 is 1.53 bits per heavy atom. The van der Waals surface area contributed by atoms with Crippen LogP contribution in [0.15, 0.2) is 18.2 Å². The number of hydrogen-bond donors (Lipinski definition) is 1. The molecule has 0 spiro atoms. The molecule has 1 rings (SSSR count). The molecule has 3 nitrogen and oxygen atoms in total. The predicted octanol–water partition coefficient (Wildman–Crippen LogP) is 2.91. The second-order valence-corrected chi connectivity index (χ2v) is 3.57. The van der Waals surface area contributed by atoms with E-state index in [1.165, 1.54) is 7.11 Å². The van der Waals surface area contributed by atoms with Crippen LogP contribution < -0.4 is 4.74 Å². The SMILES string of the molecule is CCC(C)c1ccc(OC)c(C(=O)O)c1. The Kier molecular flexibility index (Phi) is 3.72. The molecule has 3 heteroatoms. The van der Waals surface area contributed by atoms with Gasteiger partial charge < -0.3 is 9.84 Å². The largest absolute Gasteiger partial charge is 0.496 e. The number of hydrogen-bond acceptors (Lipinski definition) is 2. The van der Waals surface area contributed by atoms with Crippen molar-refractivity contribution in [1.29, 1.82) is 0 Å². The minimum Gasteiger partial charge on any atom is -0.496 e. The molecule has 0 saturated heterocycles. The van der Waals surface area contributed by atoms with Crippen molar-refractivity contribution in [2.75, 3.05) is 7.11 Å². The van der Waals surface area contributed by atoms with Crippen LogP contribution in [0.2, 0.25) is 0 Å². The minimum atomic E-state index is -0.947. The normalized spacial score (nSPS) is 12.2. The van der Waals surface area contributed by atoms with Gasteiger partial charge in [0.05, 0.1) is 7.11 Å². The Morgan fingerprint density at radius 2 is 2.20 bits per heavy atom. The number of aromatic carboxylic acids is 1. The fraction of sp³-hybridized carbons (Fsp3) is 0.417. The van der Waals surface area contributed by atoms with Crippen LogP contribution in [-0.2, 0) is 0 Å². The highest BCUT2D eigenvalue weighted by atomic mass is 16.5. The standard InChI is InChI=1S/C12H16O3/c1-4-8(2)9-5-6-11(15-3)10(7-9)12(13)14/h5-8H,4H2,1-3H3,(H,13,14). The maximum Gasteiger partial charge on any atom is 0.339 e. The highest BCUT2D eigenvalue weighted by Gasteiger charge is 2.13. The van der Waals surface area contributed by atoms with Gasteiger partial charge in [-0.15, -0.1) is 0 Å². The maximum atomic E-state index is 11.0.